The Labute approximate surface area is 103 Å². The maximum atomic E-state index is 4.19. The minimum atomic E-state index is 0.385. The Balaban J connectivity index is 2.76. The fourth-order valence-corrected chi connectivity index (χ4v) is 2.27. The summed E-state index contributed by atoms with van der Waals surface area (Å²) in [6.45, 7) is 2.13. The molecule has 0 spiro atoms. The highest BCUT2D eigenvalue weighted by Crippen LogP contribution is 2.26. The molecule has 1 atom stereocenters. The number of nitrogens with zero attached hydrogens (tertiary/aromatic N) is 2. The van der Waals surface area contributed by atoms with E-state index in [0.717, 1.165) is 21.9 Å². The third kappa shape index (κ3) is 3.53. The number of anilines is 2. The summed E-state index contributed by atoms with van der Waals surface area (Å²) in [5.41, 5.74) is 0. The van der Waals surface area contributed by atoms with Gasteiger partial charge in [0.1, 0.15) is 22.4 Å². The molecule has 1 aromatic heterocycles. The monoisotopic (exact) mass is 290 g/mol. The molecule has 1 unspecified atom stereocenters. The molecule has 6 heteroatoms. The Hall–Kier alpha value is -0.490. The molecule has 1 heterocycles. The van der Waals surface area contributed by atoms with Gasteiger partial charge in [0.15, 0.2) is 0 Å². The van der Waals surface area contributed by atoms with Crippen LogP contribution in [0.1, 0.15) is 6.92 Å². The first-order valence-corrected chi connectivity index (χ1v) is 6.81. The zero-order valence-corrected chi connectivity index (χ0v) is 11.4. The van der Waals surface area contributed by atoms with Crippen LogP contribution in [0.3, 0.4) is 0 Å². The summed E-state index contributed by atoms with van der Waals surface area (Å²) in [6.07, 6.45) is 3.64. The third-order valence-corrected chi connectivity index (χ3v) is 3.41. The molecule has 0 aliphatic rings. The van der Waals surface area contributed by atoms with Gasteiger partial charge in [0.2, 0.25) is 0 Å². The normalized spacial score (nSPS) is 12.3. The van der Waals surface area contributed by atoms with Crippen molar-refractivity contribution >= 4 is 39.3 Å². The highest BCUT2D eigenvalue weighted by molar-refractivity contribution is 9.10. The fourth-order valence-electron chi connectivity index (χ4n) is 1.17. The number of hydrogen-bond donors (Lipinski definition) is 2. The average Bonchev–Trinajstić information content (AvgIpc) is 2.21. The van der Waals surface area contributed by atoms with E-state index in [-0.39, 0.29) is 0 Å². The second-order valence-corrected chi connectivity index (χ2v) is 4.84. The molecular weight excluding hydrogens is 276 g/mol. The summed E-state index contributed by atoms with van der Waals surface area (Å²) in [7, 11) is 1.84. The number of nitrogens with one attached hydrogen (secondary N) is 2. The van der Waals surface area contributed by atoms with Crippen LogP contribution in [-0.4, -0.2) is 35.1 Å². The van der Waals surface area contributed by atoms with Gasteiger partial charge in [-0.1, -0.05) is 0 Å². The number of halogens is 1. The van der Waals surface area contributed by atoms with Gasteiger partial charge < -0.3 is 10.6 Å². The molecule has 4 nitrogen and oxygen atoms in total. The molecule has 0 radical (unpaired) electrons. The minimum Gasteiger partial charge on any atom is -0.372 e. The van der Waals surface area contributed by atoms with E-state index < -0.39 is 0 Å². The average molecular weight is 291 g/mol. The first-order valence-electron chi connectivity index (χ1n) is 4.62. The lowest BCUT2D eigenvalue weighted by atomic mass is 10.4. The van der Waals surface area contributed by atoms with Gasteiger partial charge in [-0.2, -0.15) is 11.8 Å². The molecule has 0 aliphatic heterocycles. The molecule has 84 valence electrons. The van der Waals surface area contributed by atoms with Crippen LogP contribution in [-0.2, 0) is 0 Å². The Morgan fingerprint density at radius 3 is 2.73 bits per heavy atom. The predicted molar refractivity (Wildman–Crippen MR) is 70.7 cm³/mol. The Morgan fingerprint density at radius 1 is 1.47 bits per heavy atom. The van der Waals surface area contributed by atoms with Crippen LogP contribution >= 0.6 is 27.7 Å². The molecule has 0 aromatic carbocycles. The van der Waals surface area contributed by atoms with Crippen molar-refractivity contribution in [2.24, 2.45) is 0 Å². The number of thioether (sulfide) groups is 1. The van der Waals surface area contributed by atoms with E-state index in [2.05, 4.69) is 49.7 Å². The van der Waals surface area contributed by atoms with Gasteiger partial charge in [-0.25, -0.2) is 9.97 Å². The molecule has 0 aliphatic carbocycles. The van der Waals surface area contributed by atoms with Crippen LogP contribution in [0.15, 0.2) is 10.8 Å². The summed E-state index contributed by atoms with van der Waals surface area (Å²) < 4.78 is 0.875. The van der Waals surface area contributed by atoms with Crippen LogP contribution in [0.5, 0.6) is 0 Å². The van der Waals surface area contributed by atoms with Crippen molar-refractivity contribution in [1.29, 1.82) is 0 Å². The summed E-state index contributed by atoms with van der Waals surface area (Å²) >= 11 is 5.27. The van der Waals surface area contributed by atoms with Crippen molar-refractivity contribution in [3.8, 4) is 0 Å². The Kier molecular flexibility index (Phi) is 5.17. The fraction of sp³-hybridized carbons (Fsp3) is 0.556. The van der Waals surface area contributed by atoms with E-state index in [0.29, 0.717) is 6.04 Å². The summed E-state index contributed by atoms with van der Waals surface area (Å²) in [6, 6.07) is 0.385. The van der Waals surface area contributed by atoms with Crippen molar-refractivity contribution in [3.63, 3.8) is 0 Å². The van der Waals surface area contributed by atoms with E-state index in [1.807, 2.05) is 18.8 Å². The van der Waals surface area contributed by atoms with Gasteiger partial charge in [0.05, 0.1) is 0 Å². The Morgan fingerprint density at radius 2 is 2.13 bits per heavy atom. The quantitative estimate of drug-likeness (QED) is 0.872. The molecule has 1 aromatic rings. The lowest BCUT2D eigenvalue weighted by Crippen LogP contribution is -2.19. The molecular formula is C9H15BrN4S. The molecule has 0 saturated carbocycles. The topological polar surface area (TPSA) is 49.8 Å². The number of hydrogen-bond acceptors (Lipinski definition) is 5. The highest BCUT2D eigenvalue weighted by Gasteiger charge is 2.09. The van der Waals surface area contributed by atoms with E-state index in [1.54, 1.807) is 6.33 Å². The van der Waals surface area contributed by atoms with Gasteiger partial charge in [-0.3, -0.25) is 0 Å². The van der Waals surface area contributed by atoms with Crippen molar-refractivity contribution in [2.75, 3.05) is 29.7 Å². The van der Waals surface area contributed by atoms with Crippen molar-refractivity contribution in [2.45, 2.75) is 13.0 Å². The number of rotatable bonds is 5. The van der Waals surface area contributed by atoms with E-state index >= 15 is 0 Å². The molecule has 0 amide bonds. The largest absolute Gasteiger partial charge is 0.372 e. The first kappa shape index (κ1) is 12.6. The van der Waals surface area contributed by atoms with Crippen molar-refractivity contribution in [1.82, 2.24) is 9.97 Å². The maximum absolute atomic E-state index is 4.19. The van der Waals surface area contributed by atoms with E-state index in [9.17, 15) is 0 Å². The highest BCUT2D eigenvalue weighted by atomic mass is 79.9. The molecule has 15 heavy (non-hydrogen) atoms. The van der Waals surface area contributed by atoms with Crippen molar-refractivity contribution < 1.29 is 0 Å². The van der Waals surface area contributed by atoms with Gasteiger partial charge in [0, 0.05) is 18.8 Å². The van der Waals surface area contributed by atoms with Gasteiger partial charge in [0.25, 0.3) is 0 Å². The second kappa shape index (κ2) is 6.17. The maximum Gasteiger partial charge on any atom is 0.146 e. The third-order valence-electron chi connectivity index (χ3n) is 1.83. The van der Waals surface area contributed by atoms with E-state index in [1.165, 1.54) is 0 Å². The lowest BCUT2D eigenvalue weighted by Gasteiger charge is -2.15. The predicted octanol–water partition coefficient (Wildman–Crippen LogP) is 2.44. The van der Waals surface area contributed by atoms with Crippen LogP contribution in [0.4, 0.5) is 11.6 Å². The van der Waals surface area contributed by atoms with Crippen LogP contribution in [0.2, 0.25) is 0 Å². The van der Waals surface area contributed by atoms with Crippen LogP contribution in [0.25, 0.3) is 0 Å². The zero-order chi connectivity index (χ0) is 11.3. The summed E-state index contributed by atoms with van der Waals surface area (Å²) in [5, 5.41) is 6.32. The van der Waals surface area contributed by atoms with Gasteiger partial charge in [-0.15, -0.1) is 0 Å². The SMILES string of the molecule is CNc1ncnc(NC(C)CSC)c1Br. The van der Waals surface area contributed by atoms with E-state index in [4.69, 9.17) is 0 Å². The first-order chi connectivity index (χ1) is 7.19. The van der Waals surface area contributed by atoms with Gasteiger partial charge in [-0.05, 0) is 29.1 Å². The molecule has 0 saturated heterocycles. The molecule has 2 N–H and O–H groups in total. The summed E-state index contributed by atoms with van der Waals surface area (Å²) in [4.78, 5) is 8.29. The second-order valence-electron chi connectivity index (χ2n) is 3.14. The van der Waals surface area contributed by atoms with Crippen LogP contribution < -0.4 is 10.6 Å². The smallest absolute Gasteiger partial charge is 0.146 e. The summed E-state index contributed by atoms with van der Waals surface area (Å²) in [5.74, 6) is 2.67. The molecule has 0 bridgehead atoms. The standard InChI is InChI=1S/C9H15BrN4S/c1-6(4-15-3)14-9-7(10)8(11-2)12-5-13-9/h5-6H,4H2,1-3H3,(H2,11,12,13,14). The minimum absolute atomic E-state index is 0.385. The Bertz CT molecular complexity index is 321. The number of aromatic nitrogens is 2. The lowest BCUT2D eigenvalue weighted by molar-refractivity contribution is 0.897. The molecule has 1 rings (SSSR count). The zero-order valence-electron chi connectivity index (χ0n) is 9.04. The van der Waals surface area contributed by atoms with Crippen molar-refractivity contribution in [3.05, 3.63) is 10.8 Å². The van der Waals surface area contributed by atoms with Gasteiger partial charge >= 0.3 is 0 Å². The molecule has 0 fully saturated rings. The van der Waals surface area contributed by atoms with Crippen LogP contribution in [0, 0.1) is 0 Å².